The van der Waals surface area contributed by atoms with Crippen LogP contribution < -0.4 is 10.6 Å². The molecule has 7 heteroatoms. The zero-order chi connectivity index (χ0) is 15.7. The standard InChI is InChI=1S/C16H20FN3O2.ClH/c1-20(11-4-6-18-7-5-11)16(22)13-9-15(21)19-14-8-10(17)2-3-12(13)14;/h2-3,8,11,13,18H,4-7,9H2,1H3,(H,19,21);1H. The molecule has 0 aliphatic carbocycles. The second-order valence-electron chi connectivity index (χ2n) is 5.97. The van der Waals surface area contributed by atoms with Crippen LogP contribution in [0.25, 0.3) is 0 Å². The summed E-state index contributed by atoms with van der Waals surface area (Å²) in [4.78, 5) is 26.4. The highest BCUT2D eigenvalue weighted by Gasteiger charge is 2.34. The van der Waals surface area contributed by atoms with E-state index in [4.69, 9.17) is 0 Å². The summed E-state index contributed by atoms with van der Waals surface area (Å²) in [6.07, 6.45) is 1.95. The molecule has 0 radical (unpaired) electrons. The Morgan fingerprint density at radius 1 is 1.30 bits per heavy atom. The van der Waals surface area contributed by atoms with E-state index >= 15 is 0 Å². The third kappa shape index (κ3) is 3.64. The molecule has 126 valence electrons. The van der Waals surface area contributed by atoms with Crippen molar-refractivity contribution in [3.63, 3.8) is 0 Å². The predicted octanol–water partition coefficient (Wildman–Crippen LogP) is 1.88. The number of nitrogens with zero attached hydrogens (tertiary/aromatic N) is 1. The summed E-state index contributed by atoms with van der Waals surface area (Å²) in [6.45, 7) is 1.80. The van der Waals surface area contributed by atoms with Crippen molar-refractivity contribution in [2.75, 3.05) is 25.5 Å². The van der Waals surface area contributed by atoms with Crippen molar-refractivity contribution in [1.29, 1.82) is 0 Å². The van der Waals surface area contributed by atoms with Gasteiger partial charge in [-0.25, -0.2) is 4.39 Å². The van der Waals surface area contributed by atoms with E-state index in [0.29, 0.717) is 11.3 Å². The van der Waals surface area contributed by atoms with Crippen LogP contribution in [0.5, 0.6) is 0 Å². The number of likely N-dealkylation sites (N-methyl/N-ethyl adjacent to an activating group) is 1. The van der Waals surface area contributed by atoms with Gasteiger partial charge in [-0.15, -0.1) is 12.4 Å². The number of halogens is 2. The molecule has 1 atom stereocenters. The van der Waals surface area contributed by atoms with Crippen LogP contribution in [0.15, 0.2) is 18.2 Å². The third-order valence-electron chi connectivity index (χ3n) is 4.56. The highest BCUT2D eigenvalue weighted by molar-refractivity contribution is 6.01. The summed E-state index contributed by atoms with van der Waals surface area (Å²) < 4.78 is 13.3. The van der Waals surface area contributed by atoms with Crippen molar-refractivity contribution in [2.45, 2.75) is 31.2 Å². The predicted molar refractivity (Wildman–Crippen MR) is 88.3 cm³/mol. The molecular weight excluding hydrogens is 321 g/mol. The second-order valence-corrected chi connectivity index (χ2v) is 5.97. The van der Waals surface area contributed by atoms with Gasteiger partial charge in [0, 0.05) is 25.2 Å². The van der Waals surface area contributed by atoms with Crippen molar-refractivity contribution in [3.05, 3.63) is 29.6 Å². The number of hydrogen-bond donors (Lipinski definition) is 2. The van der Waals surface area contributed by atoms with E-state index in [1.807, 2.05) is 0 Å². The van der Waals surface area contributed by atoms with E-state index in [1.165, 1.54) is 12.1 Å². The number of carbonyl (C=O) groups excluding carboxylic acids is 2. The highest BCUT2D eigenvalue weighted by Crippen LogP contribution is 2.34. The van der Waals surface area contributed by atoms with Crippen LogP contribution in [0.4, 0.5) is 10.1 Å². The maximum atomic E-state index is 13.3. The molecule has 0 saturated carbocycles. The zero-order valence-electron chi connectivity index (χ0n) is 13.0. The Kier molecular flexibility index (Phi) is 5.59. The number of piperidine rings is 1. The number of amides is 2. The van der Waals surface area contributed by atoms with Crippen molar-refractivity contribution >= 4 is 29.9 Å². The van der Waals surface area contributed by atoms with Gasteiger partial charge in [-0.05, 0) is 43.6 Å². The maximum absolute atomic E-state index is 13.3. The number of anilines is 1. The number of rotatable bonds is 2. The Morgan fingerprint density at radius 2 is 2.00 bits per heavy atom. The molecule has 3 rings (SSSR count). The first-order valence-corrected chi connectivity index (χ1v) is 7.63. The minimum atomic E-state index is -0.524. The molecule has 2 N–H and O–H groups in total. The number of carbonyl (C=O) groups is 2. The SMILES string of the molecule is CN(C(=O)C1CC(=O)Nc2cc(F)ccc21)C1CCNCC1.Cl. The van der Waals surface area contributed by atoms with Gasteiger partial charge in [0.05, 0.1) is 5.92 Å². The fourth-order valence-electron chi connectivity index (χ4n) is 3.28. The van der Waals surface area contributed by atoms with Gasteiger partial charge in [0.25, 0.3) is 0 Å². The van der Waals surface area contributed by atoms with E-state index in [9.17, 15) is 14.0 Å². The Labute approximate surface area is 141 Å². The average molecular weight is 342 g/mol. The molecule has 1 aromatic rings. The average Bonchev–Trinajstić information content (AvgIpc) is 2.53. The largest absolute Gasteiger partial charge is 0.342 e. The summed E-state index contributed by atoms with van der Waals surface area (Å²) in [5, 5.41) is 5.92. The first-order valence-electron chi connectivity index (χ1n) is 7.63. The minimum Gasteiger partial charge on any atom is -0.342 e. The summed E-state index contributed by atoms with van der Waals surface area (Å²) in [6, 6.07) is 4.41. The maximum Gasteiger partial charge on any atom is 0.230 e. The number of benzene rings is 1. The van der Waals surface area contributed by atoms with Crippen LogP contribution in [-0.4, -0.2) is 42.9 Å². The second kappa shape index (κ2) is 7.27. The lowest BCUT2D eigenvalue weighted by atomic mass is 9.88. The highest BCUT2D eigenvalue weighted by atomic mass is 35.5. The van der Waals surface area contributed by atoms with Gasteiger partial charge in [-0.2, -0.15) is 0 Å². The molecule has 0 spiro atoms. The van der Waals surface area contributed by atoms with E-state index in [2.05, 4.69) is 10.6 Å². The normalized spacial score (nSPS) is 21.0. The summed E-state index contributed by atoms with van der Waals surface area (Å²) in [7, 11) is 1.80. The van der Waals surface area contributed by atoms with Crippen molar-refractivity contribution in [2.24, 2.45) is 0 Å². The lowest BCUT2D eigenvalue weighted by Gasteiger charge is -2.35. The van der Waals surface area contributed by atoms with E-state index < -0.39 is 11.7 Å². The van der Waals surface area contributed by atoms with Crippen molar-refractivity contribution < 1.29 is 14.0 Å². The molecule has 2 amide bonds. The summed E-state index contributed by atoms with van der Waals surface area (Å²) in [5.74, 6) is -1.24. The van der Waals surface area contributed by atoms with Gasteiger partial charge in [0.1, 0.15) is 5.82 Å². The molecule has 1 unspecified atom stereocenters. The Bertz CT molecular complexity index is 605. The third-order valence-corrected chi connectivity index (χ3v) is 4.56. The van der Waals surface area contributed by atoms with Gasteiger partial charge >= 0.3 is 0 Å². The van der Waals surface area contributed by atoms with E-state index in [0.717, 1.165) is 25.9 Å². The molecule has 1 saturated heterocycles. The molecule has 0 aromatic heterocycles. The first kappa shape index (κ1) is 17.7. The molecule has 23 heavy (non-hydrogen) atoms. The quantitative estimate of drug-likeness (QED) is 0.863. The van der Waals surface area contributed by atoms with Crippen LogP contribution in [-0.2, 0) is 9.59 Å². The van der Waals surface area contributed by atoms with Gasteiger partial charge in [-0.3, -0.25) is 9.59 Å². The smallest absolute Gasteiger partial charge is 0.230 e. The van der Waals surface area contributed by atoms with E-state index in [1.54, 1.807) is 18.0 Å². The molecule has 2 aliphatic heterocycles. The van der Waals surface area contributed by atoms with Gasteiger partial charge in [-0.1, -0.05) is 6.07 Å². The molecule has 5 nitrogen and oxygen atoms in total. The molecule has 0 bridgehead atoms. The molecule has 2 heterocycles. The first-order chi connectivity index (χ1) is 10.6. The Balaban J connectivity index is 0.00000192. The summed E-state index contributed by atoms with van der Waals surface area (Å²) >= 11 is 0. The Hall–Kier alpha value is -1.66. The van der Waals surface area contributed by atoms with Crippen molar-refractivity contribution in [1.82, 2.24) is 10.2 Å². The molecule has 1 aromatic carbocycles. The summed E-state index contributed by atoms with van der Waals surface area (Å²) in [5.41, 5.74) is 1.11. The molecular formula is C16H21ClFN3O2. The lowest BCUT2D eigenvalue weighted by molar-refractivity contribution is -0.136. The molecule has 2 aliphatic rings. The zero-order valence-corrected chi connectivity index (χ0v) is 13.8. The number of hydrogen-bond acceptors (Lipinski definition) is 3. The minimum absolute atomic E-state index is 0. The van der Waals surface area contributed by atoms with Crippen LogP contribution >= 0.6 is 12.4 Å². The number of fused-ring (bicyclic) bond motifs is 1. The van der Waals surface area contributed by atoms with Gasteiger partial charge in [0.15, 0.2) is 0 Å². The Morgan fingerprint density at radius 3 is 2.70 bits per heavy atom. The van der Waals surface area contributed by atoms with Crippen molar-refractivity contribution in [3.8, 4) is 0 Å². The van der Waals surface area contributed by atoms with Gasteiger partial charge < -0.3 is 15.5 Å². The fourth-order valence-corrected chi connectivity index (χ4v) is 3.28. The van der Waals surface area contributed by atoms with Gasteiger partial charge in [0.2, 0.25) is 11.8 Å². The van der Waals surface area contributed by atoms with Crippen LogP contribution in [0.1, 0.15) is 30.7 Å². The van der Waals surface area contributed by atoms with E-state index in [-0.39, 0.29) is 36.7 Å². The topological polar surface area (TPSA) is 61.4 Å². The van der Waals surface area contributed by atoms with Crippen LogP contribution in [0, 0.1) is 5.82 Å². The monoisotopic (exact) mass is 341 g/mol. The van der Waals surface area contributed by atoms with Crippen LogP contribution in [0.2, 0.25) is 0 Å². The van der Waals surface area contributed by atoms with Crippen LogP contribution in [0.3, 0.4) is 0 Å². The fraction of sp³-hybridized carbons (Fsp3) is 0.500. The number of nitrogens with one attached hydrogen (secondary N) is 2. The molecule has 1 fully saturated rings. The lowest BCUT2D eigenvalue weighted by Crippen LogP contribution is -2.46.